The van der Waals surface area contributed by atoms with Crippen LogP contribution in [0.4, 0.5) is 22.7 Å². The van der Waals surface area contributed by atoms with Gasteiger partial charge in [0.15, 0.2) is 0 Å². The van der Waals surface area contributed by atoms with Crippen LogP contribution in [0, 0.1) is 0 Å². The minimum Gasteiger partial charge on any atom is -0.497 e. The second-order valence-electron chi connectivity index (χ2n) is 7.94. The van der Waals surface area contributed by atoms with Gasteiger partial charge in [-0.1, -0.05) is 12.1 Å². The third-order valence-corrected chi connectivity index (χ3v) is 6.76. The fourth-order valence-corrected chi connectivity index (χ4v) is 4.61. The van der Waals surface area contributed by atoms with Gasteiger partial charge in [0, 0.05) is 17.1 Å². The molecule has 8 nitrogen and oxygen atoms in total. The van der Waals surface area contributed by atoms with Crippen molar-refractivity contribution in [3.05, 3.63) is 103 Å². The monoisotopic (exact) mass is 517 g/mol. The van der Waals surface area contributed by atoms with E-state index in [9.17, 15) is 13.2 Å². The van der Waals surface area contributed by atoms with Crippen molar-refractivity contribution in [2.45, 2.75) is 11.8 Å². The highest BCUT2D eigenvalue weighted by Crippen LogP contribution is 2.24. The van der Waals surface area contributed by atoms with E-state index in [-0.39, 0.29) is 16.1 Å². The molecule has 0 bridgehead atoms. The summed E-state index contributed by atoms with van der Waals surface area (Å²) in [4.78, 5) is 13.1. The van der Waals surface area contributed by atoms with Crippen LogP contribution in [0.15, 0.2) is 102 Å². The molecule has 9 heteroatoms. The maximum atomic E-state index is 13.0. The zero-order valence-corrected chi connectivity index (χ0v) is 21.2. The Labute approximate surface area is 216 Å². The summed E-state index contributed by atoms with van der Waals surface area (Å²) in [5.74, 6) is 0.901. The second-order valence-corrected chi connectivity index (χ2v) is 9.62. The molecule has 0 aliphatic rings. The van der Waals surface area contributed by atoms with Gasteiger partial charge in [-0.15, -0.1) is 0 Å². The highest BCUT2D eigenvalue weighted by atomic mass is 32.2. The van der Waals surface area contributed by atoms with E-state index in [0.29, 0.717) is 18.0 Å². The normalized spacial score (nSPS) is 10.9. The average molecular weight is 518 g/mol. The molecule has 0 atom stereocenters. The lowest BCUT2D eigenvalue weighted by Gasteiger charge is -2.14. The third-order valence-electron chi connectivity index (χ3n) is 5.38. The van der Waals surface area contributed by atoms with Crippen molar-refractivity contribution in [3.63, 3.8) is 0 Å². The highest BCUT2D eigenvalue weighted by Gasteiger charge is 2.19. The number of benzene rings is 4. The number of sulfonamides is 1. The van der Waals surface area contributed by atoms with Crippen molar-refractivity contribution in [1.82, 2.24) is 0 Å². The number of anilines is 4. The molecule has 0 fully saturated rings. The maximum absolute atomic E-state index is 13.0. The zero-order valence-electron chi connectivity index (χ0n) is 20.4. The Kier molecular flexibility index (Phi) is 7.95. The van der Waals surface area contributed by atoms with Crippen molar-refractivity contribution < 1.29 is 22.7 Å². The number of nitrogens with one attached hydrogen (secondary N) is 3. The molecule has 0 saturated heterocycles. The Hall–Kier alpha value is -4.50. The van der Waals surface area contributed by atoms with E-state index in [0.717, 1.165) is 17.1 Å². The molecular formula is C28H27N3O5S. The number of rotatable bonds is 10. The lowest BCUT2D eigenvalue weighted by atomic mass is 10.1. The van der Waals surface area contributed by atoms with E-state index in [1.54, 1.807) is 55.6 Å². The van der Waals surface area contributed by atoms with Crippen molar-refractivity contribution in [3.8, 4) is 11.5 Å². The van der Waals surface area contributed by atoms with E-state index in [1.807, 2.05) is 43.3 Å². The molecule has 3 N–H and O–H groups in total. The SMILES string of the molecule is CCOc1ccc(S(=O)(=O)Nc2ccccc2C(=O)Nc2ccc(Nc3ccc(OC)cc3)cc2)cc1. The summed E-state index contributed by atoms with van der Waals surface area (Å²) in [5, 5.41) is 6.09. The quantitative estimate of drug-likeness (QED) is 0.242. The summed E-state index contributed by atoms with van der Waals surface area (Å²) in [6, 6.07) is 27.2. The minimum absolute atomic E-state index is 0.0612. The summed E-state index contributed by atoms with van der Waals surface area (Å²) in [6.07, 6.45) is 0. The first-order valence-electron chi connectivity index (χ1n) is 11.5. The van der Waals surface area contributed by atoms with E-state index in [4.69, 9.17) is 9.47 Å². The smallest absolute Gasteiger partial charge is 0.261 e. The van der Waals surface area contributed by atoms with E-state index < -0.39 is 15.9 Å². The summed E-state index contributed by atoms with van der Waals surface area (Å²) in [5.41, 5.74) is 2.66. The molecule has 4 aromatic carbocycles. The number of para-hydroxylation sites is 1. The van der Waals surface area contributed by atoms with Crippen LogP contribution in [0.25, 0.3) is 0 Å². The average Bonchev–Trinajstić information content (AvgIpc) is 2.91. The van der Waals surface area contributed by atoms with Crippen LogP contribution in [0.2, 0.25) is 0 Å². The molecule has 0 aliphatic carbocycles. The molecule has 0 spiro atoms. The lowest BCUT2D eigenvalue weighted by molar-refractivity contribution is 0.102. The molecule has 0 unspecified atom stereocenters. The first-order valence-corrected chi connectivity index (χ1v) is 13.0. The van der Waals surface area contributed by atoms with Crippen molar-refractivity contribution in [1.29, 1.82) is 0 Å². The fourth-order valence-electron chi connectivity index (χ4n) is 3.53. The van der Waals surface area contributed by atoms with Crippen molar-refractivity contribution in [2.24, 2.45) is 0 Å². The lowest BCUT2D eigenvalue weighted by Crippen LogP contribution is -2.18. The molecule has 0 aromatic heterocycles. The molecule has 0 saturated carbocycles. The third kappa shape index (κ3) is 6.59. The maximum Gasteiger partial charge on any atom is 0.261 e. The van der Waals surface area contributed by atoms with Gasteiger partial charge in [0.25, 0.3) is 15.9 Å². The number of hydrogen-bond acceptors (Lipinski definition) is 6. The predicted octanol–water partition coefficient (Wildman–Crippen LogP) is 5.89. The standard InChI is InChI=1S/C28H27N3O5S/c1-3-36-24-16-18-25(19-17-24)37(33,34)31-27-7-5-4-6-26(27)28(32)30-22-10-8-20(9-11-22)29-21-12-14-23(35-2)15-13-21/h4-19,29,31H,3H2,1-2H3,(H,30,32). The van der Waals surface area contributed by atoms with Crippen molar-refractivity contribution >= 4 is 38.7 Å². The number of ether oxygens (including phenoxy) is 2. The van der Waals surface area contributed by atoms with Crippen molar-refractivity contribution in [2.75, 3.05) is 29.1 Å². The number of carbonyl (C=O) groups excluding carboxylic acids is 1. The minimum atomic E-state index is -3.92. The van der Waals surface area contributed by atoms with Gasteiger partial charge in [0.05, 0.1) is 29.9 Å². The first-order chi connectivity index (χ1) is 17.9. The van der Waals surface area contributed by atoms with Gasteiger partial charge in [-0.2, -0.15) is 0 Å². The Morgan fingerprint density at radius 3 is 1.95 bits per heavy atom. The van der Waals surface area contributed by atoms with E-state index in [2.05, 4.69) is 15.4 Å². The van der Waals surface area contributed by atoms with E-state index >= 15 is 0 Å². The van der Waals surface area contributed by atoms with Gasteiger partial charge in [0.1, 0.15) is 11.5 Å². The number of hydrogen-bond donors (Lipinski definition) is 3. The largest absolute Gasteiger partial charge is 0.497 e. The van der Waals surface area contributed by atoms with Gasteiger partial charge in [-0.05, 0) is 91.9 Å². The summed E-state index contributed by atoms with van der Waals surface area (Å²) >= 11 is 0. The van der Waals surface area contributed by atoms with Gasteiger partial charge >= 0.3 is 0 Å². The number of methoxy groups -OCH3 is 1. The fraction of sp³-hybridized carbons (Fsp3) is 0.107. The molecule has 0 aliphatic heterocycles. The van der Waals surface area contributed by atoms with Gasteiger partial charge in [0.2, 0.25) is 0 Å². The van der Waals surface area contributed by atoms with Crippen LogP contribution in [0.5, 0.6) is 11.5 Å². The Bertz CT molecular complexity index is 1450. The van der Waals surface area contributed by atoms with Gasteiger partial charge < -0.3 is 20.1 Å². The summed E-state index contributed by atoms with van der Waals surface area (Å²) < 4.78 is 38.9. The van der Waals surface area contributed by atoms with Crippen LogP contribution in [-0.4, -0.2) is 28.0 Å². The zero-order chi connectivity index (χ0) is 26.3. The topological polar surface area (TPSA) is 106 Å². The summed E-state index contributed by atoms with van der Waals surface area (Å²) in [6.45, 7) is 2.33. The molecule has 37 heavy (non-hydrogen) atoms. The molecule has 0 radical (unpaired) electrons. The number of carbonyl (C=O) groups is 1. The van der Waals surface area contributed by atoms with Crippen LogP contribution < -0.4 is 24.8 Å². The van der Waals surface area contributed by atoms with E-state index in [1.165, 1.54) is 12.1 Å². The van der Waals surface area contributed by atoms with Gasteiger partial charge in [-0.3, -0.25) is 9.52 Å². The van der Waals surface area contributed by atoms with Crippen LogP contribution in [0.3, 0.4) is 0 Å². The van der Waals surface area contributed by atoms with Crippen LogP contribution in [-0.2, 0) is 10.0 Å². The molecular weight excluding hydrogens is 490 g/mol. The first kappa shape index (κ1) is 25.6. The van der Waals surface area contributed by atoms with Crippen LogP contribution >= 0.6 is 0 Å². The Balaban J connectivity index is 1.44. The van der Waals surface area contributed by atoms with Gasteiger partial charge in [-0.25, -0.2) is 8.42 Å². The highest BCUT2D eigenvalue weighted by molar-refractivity contribution is 7.92. The predicted molar refractivity (Wildman–Crippen MR) is 146 cm³/mol. The Morgan fingerprint density at radius 1 is 0.757 bits per heavy atom. The molecule has 4 rings (SSSR count). The molecule has 4 aromatic rings. The molecule has 190 valence electrons. The number of amides is 1. The van der Waals surface area contributed by atoms with Crippen LogP contribution in [0.1, 0.15) is 17.3 Å². The molecule has 0 heterocycles. The second kappa shape index (κ2) is 11.5. The summed E-state index contributed by atoms with van der Waals surface area (Å²) in [7, 11) is -2.30. The Morgan fingerprint density at radius 2 is 1.32 bits per heavy atom. The molecule has 1 amide bonds.